The zero-order chi connectivity index (χ0) is 14.8. The zero-order valence-corrected chi connectivity index (χ0v) is 10.4. The summed E-state index contributed by atoms with van der Waals surface area (Å²) in [6, 6.07) is 5.62. The molecule has 0 aliphatic carbocycles. The van der Waals surface area contributed by atoms with E-state index in [0.29, 0.717) is 18.8 Å². The van der Waals surface area contributed by atoms with E-state index in [4.69, 9.17) is 11.5 Å². The van der Waals surface area contributed by atoms with E-state index in [1.165, 1.54) is 12.1 Å². The summed E-state index contributed by atoms with van der Waals surface area (Å²) in [6.45, 7) is 0.419. The summed E-state index contributed by atoms with van der Waals surface area (Å²) in [5, 5.41) is 0. The highest BCUT2D eigenvalue weighted by atomic mass is 19.4. The van der Waals surface area contributed by atoms with Gasteiger partial charge in [-0.15, -0.1) is 13.2 Å². The molecule has 1 atom stereocenters. The Bertz CT molecular complexity index is 537. The van der Waals surface area contributed by atoms with E-state index in [-0.39, 0.29) is 17.6 Å². The smallest absolute Gasteiger partial charge is 0.406 e. The molecule has 0 aromatic heterocycles. The van der Waals surface area contributed by atoms with Crippen LogP contribution >= 0.6 is 0 Å². The van der Waals surface area contributed by atoms with Crippen LogP contribution in [0.25, 0.3) is 0 Å². The van der Waals surface area contributed by atoms with Gasteiger partial charge in [0.2, 0.25) is 5.96 Å². The Morgan fingerprint density at radius 3 is 2.40 bits per heavy atom. The molecule has 1 unspecified atom stereocenters. The van der Waals surface area contributed by atoms with Crippen LogP contribution in [-0.2, 0) is 6.42 Å². The van der Waals surface area contributed by atoms with Crippen LogP contribution in [-0.4, -0.2) is 24.7 Å². The van der Waals surface area contributed by atoms with E-state index >= 15 is 0 Å². The fourth-order valence-corrected chi connectivity index (χ4v) is 1.84. The maximum atomic E-state index is 12.0. The van der Waals surface area contributed by atoms with Crippen molar-refractivity contribution in [2.24, 2.45) is 27.4 Å². The lowest BCUT2D eigenvalue weighted by Gasteiger charge is -2.18. The van der Waals surface area contributed by atoms with Crippen molar-refractivity contribution in [3.8, 4) is 5.75 Å². The Morgan fingerprint density at radius 1 is 1.20 bits per heavy atom. The van der Waals surface area contributed by atoms with Crippen molar-refractivity contribution in [2.75, 3.05) is 6.54 Å². The topological polar surface area (TPSA) is 86.0 Å². The number of amidine groups is 1. The lowest BCUT2D eigenvalue weighted by molar-refractivity contribution is -0.274. The molecule has 0 radical (unpaired) electrons. The summed E-state index contributed by atoms with van der Waals surface area (Å²) in [7, 11) is 0. The van der Waals surface area contributed by atoms with Gasteiger partial charge in [0.25, 0.3) is 0 Å². The Morgan fingerprint density at radius 2 is 1.85 bits per heavy atom. The summed E-state index contributed by atoms with van der Waals surface area (Å²) in [6.07, 6.45) is -4.16. The Balaban J connectivity index is 2.00. The molecule has 108 valence electrons. The number of benzene rings is 1. The van der Waals surface area contributed by atoms with Gasteiger partial charge in [-0.2, -0.15) is 0 Å². The average Bonchev–Trinajstić information content (AvgIpc) is 2.33. The van der Waals surface area contributed by atoms with Crippen molar-refractivity contribution in [2.45, 2.75) is 12.8 Å². The second-order valence-corrected chi connectivity index (χ2v) is 4.33. The van der Waals surface area contributed by atoms with Crippen molar-refractivity contribution in [3.05, 3.63) is 29.8 Å². The van der Waals surface area contributed by atoms with Crippen LogP contribution in [0.2, 0.25) is 0 Å². The predicted molar refractivity (Wildman–Crippen MR) is 68.4 cm³/mol. The number of guanidine groups is 1. The quantitative estimate of drug-likeness (QED) is 0.881. The average molecular weight is 286 g/mol. The molecule has 2 rings (SSSR count). The van der Waals surface area contributed by atoms with Crippen LogP contribution in [0.4, 0.5) is 13.2 Å². The van der Waals surface area contributed by atoms with Gasteiger partial charge < -0.3 is 16.2 Å². The summed E-state index contributed by atoms with van der Waals surface area (Å²) in [5.41, 5.74) is 12.0. The number of ether oxygens (including phenoxy) is 1. The summed E-state index contributed by atoms with van der Waals surface area (Å²) in [5.74, 6) is 0.172. The van der Waals surface area contributed by atoms with Gasteiger partial charge in [-0.05, 0) is 24.1 Å². The fourth-order valence-electron chi connectivity index (χ4n) is 1.84. The monoisotopic (exact) mass is 286 g/mol. The maximum absolute atomic E-state index is 12.0. The minimum absolute atomic E-state index is 0.100. The molecule has 1 aromatic carbocycles. The molecule has 1 aromatic rings. The third-order valence-corrected chi connectivity index (χ3v) is 2.77. The maximum Gasteiger partial charge on any atom is 0.573 e. The van der Waals surface area contributed by atoms with E-state index in [9.17, 15) is 13.2 Å². The number of nitrogens with zero attached hydrogens (tertiary/aromatic N) is 2. The second kappa shape index (κ2) is 5.40. The van der Waals surface area contributed by atoms with Gasteiger partial charge in [-0.1, -0.05) is 12.1 Å². The van der Waals surface area contributed by atoms with Crippen LogP contribution < -0.4 is 16.2 Å². The molecule has 0 fully saturated rings. The third kappa shape index (κ3) is 3.87. The van der Waals surface area contributed by atoms with Crippen molar-refractivity contribution in [1.29, 1.82) is 0 Å². The molecule has 0 saturated heterocycles. The number of aliphatic imine (C=N–C) groups is 2. The number of hydrogen-bond acceptors (Lipinski definition) is 5. The highest BCUT2D eigenvalue weighted by molar-refractivity contribution is 5.97. The van der Waals surface area contributed by atoms with Crippen molar-refractivity contribution in [3.63, 3.8) is 0 Å². The van der Waals surface area contributed by atoms with Crippen LogP contribution in [0.1, 0.15) is 5.56 Å². The predicted octanol–water partition coefficient (Wildman–Crippen LogP) is 1.43. The largest absolute Gasteiger partial charge is 0.573 e. The van der Waals surface area contributed by atoms with E-state index in [2.05, 4.69) is 14.7 Å². The Hall–Kier alpha value is -2.25. The van der Waals surface area contributed by atoms with E-state index in [1.807, 2.05) is 0 Å². The minimum Gasteiger partial charge on any atom is -0.406 e. The fraction of sp³-hybridized carbons (Fsp3) is 0.333. The minimum atomic E-state index is -4.69. The molecule has 0 amide bonds. The van der Waals surface area contributed by atoms with Crippen LogP contribution in [0.15, 0.2) is 34.3 Å². The highest BCUT2D eigenvalue weighted by Crippen LogP contribution is 2.23. The lowest BCUT2D eigenvalue weighted by Crippen LogP contribution is -2.34. The molecular formula is C12H13F3N4O. The van der Waals surface area contributed by atoms with Gasteiger partial charge in [0.1, 0.15) is 11.6 Å². The first-order valence-electron chi connectivity index (χ1n) is 5.82. The Kier molecular flexibility index (Phi) is 3.82. The third-order valence-electron chi connectivity index (χ3n) is 2.77. The molecule has 4 N–H and O–H groups in total. The van der Waals surface area contributed by atoms with Crippen molar-refractivity contribution < 1.29 is 17.9 Å². The van der Waals surface area contributed by atoms with Gasteiger partial charge in [0.05, 0.1) is 6.54 Å². The van der Waals surface area contributed by atoms with Crippen LogP contribution in [0.5, 0.6) is 5.75 Å². The number of halogens is 3. The first-order valence-corrected chi connectivity index (χ1v) is 5.82. The highest BCUT2D eigenvalue weighted by Gasteiger charge is 2.31. The normalized spacial score (nSPS) is 19.2. The van der Waals surface area contributed by atoms with Gasteiger partial charge in [0, 0.05) is 5.92 Å². The van der Waals surface area contributed by atoms with E-state index in [0.717, 1.165) is 5.56 Å². The molecule has 0 spiro atoms. The van der Waals surface area contributed by atoms with Gasteiger partial charge in [-0.25, -0.2) is 4.99 Å². The van der Waals surface area contributed by atoms with Crippen LogP contribution in [0, 0.1) is 5.92 Å². The number of alkyl halides is 3. The first-order chi connectivity index (χ1) is 9.33. The lowest BCUT2D eigenvalue weighted by atomic mass is 9.98. The molecule has 8 heteroatoms. The van der Waals surface area contributed by atoms with Gasteiger partial charge in [-0.3, -0.25) is 4.99 Å². The van der Waals surface area contributed by atoms with Crippen molar-refractivity contribution >= 4 is 11.8 Å². The summed E-state index contributed by atoms with van der Waals surface area (Å²) in [4.78, 5) is 7.85. The molecule has 20 heavy (non-hydrogen) atoms. The number of hydrogen-bond donors (Lipinski definition) is 2. The molecule has 0 saturated carbocycles. The number of rotatable bonds is 3. The molecule has 1 heterocycles. The molecule has 0 bridgehead atoms. The van der Waals surface area contributed by atoms with Crippen LogP contribution in [0.3, 0.4) is 0 Å². The molecule has 1 aliphatic heterocycles. The zero-order valence-electron chi connectivity index (χ0n) is 10.4. The summed E-state index contributed by atoms with van der Waals surface area (Å²) < 4.78 is 39.9. The summed E-state index contributed by atoms with van der Waals surface area (Å²) >= 11 is 0. The second-order valence-electron chi connectivity index (χ2n) is 4.33. The molecule has 1 aliphatic rings. The number of nitrogens with two attached hydrogens (primary N) is 2. The molecule has 5 nitrogen and oxygen atoms in total. The molecular weight excluding hydrogens is 273 g/mol. The SMILES string of the molecule is NC1=NCC(Cc2ccc(OC(F)(F)F)cc2)C(N)=N1. The first kappa shape index (κ1) is 14.2. The van der Waals surface area contributed by atoms with E-state index < -0.39 is 6.36 Å². The Labute approximate surface area is 113 Å². The van der Waals surface area contributed by atoms with Crippen molar-refractivity contribution in [1.82, 2.24) is 0 Å². The van der Waals surface area contributed by atoms with Gasteiger partial charge in [0.15, 0.2) is 0 Å². The standard InChI is InChI=1S/C12H13F3N4O/c13-12(14,15)20-9-3-1-7(2-4-9)5-8-6-18-11(17)19-10(8)16/h1-4,8H,5-6H2,(H4,16,17,18,19). The van der Waals surface area contributed by atoms with Gasteiger partial charge >= 0.3 is 6.36 Å². The van der Waals surface area contributed by atoms with E-state index in [1.54, 1.807) is 12.1 Å².